The van der Waals surface area contributed by atoms with Gasteiger partial charge in [-0.15, -0.1) is 0 Å². The Kier molecular flexibility index (Phi) is 4.64. The molecule has 1 fully saturated rings. The first-order valence-electron chi connectivity index (χ1n) is 7.42. The molecule has 1 saturated heterocycles. The summed E-state index contributed by atoms with van der Waals surface area (Å²) >= 11 is 0. The van der Waals surface area contributed by atoms with Gasteiger partial charge in [0.2, 0.25) is 0 Å². The lowest BCUT2D eigenvalue weighted by Gasteiger charge is -2.37. The highest BCUT2D eigenvalue weighted by Crippen LogP contribution is 2.30. The van der Waals surface area contributed by atoms with E-state index in [1.54, 1.807) is 0 Å². The summed E-state index contributed by atoms with van der Waals surface area (Å²) in [6, 6.07) is 6.50. The van der Waals surface area contributed by atoms with Crippen molar-refractivity contribution < 1.29 is 9.84 Å². The normalized spacial score (nSPS) is 27.5. The largest absolute Gasteiger partial charge is 0.389 e. The van der Waals surface area contributed by atoms with Crippen LogP contribution in [0.25, 0.3) is 0 Å². The fraction of sp³-hybridized carbons (Fsp3) is 0.647. The molecule has 106 valence electrons. The Bertz CT molecular complexity index is 425. The highest BCUT2D eigenvalue weighted by Gasteiger charge is 2.34. The van der Waals surface area contributed by atoms with E-state index < -0.39 is 5.60 Å². The molecule has 0 aliphatic carbocycles. The van der Waals surface area contributed by atoms with Crippen LogP contribution in [0, 0.1) is 13.8 Å². The Hall–Kier alpha value is -0.860. The van der Waals surface area contributed by atoms with Gasteiger partial charge in [-0.2, -0.15) is 0 Å². The van der Waals surface area contributed by atoms with E-state index in [2.05, 4.69) is 39.0 Å². The SMILES string of the molecule is CCCC1CC(O)(Cc2ccc(C)c(C)c2)CCO1. The van der Waals surface area contributed by atoms with Gasteiger partial charge in [-0.1, -0.05) is 31.5 Å². The summed E-state index contributed by atoms with van der Waals surface area (Å²) in [6.45, 7) is 7.11. The number of rotatable bonds is 4. The number of aryl methyl sites for hydroxylation is 2. The van der Waals surface area contributed by atoms with Crippen LogP contribution in [-0.2, 0) is 11.2 Å². The van der Waals surface area contributed by atoms with Crippen LogP contribution in [0.2, 0.25) is 0 Å². The van der Waals surface area contributed by atoms with E-state index in [0.717, 1.165) is 32.1 Å². The van der Waals surface area contributed by atoms with Crippen molar-refractivity contribution in [1.82, 2.24) is 0 Å². The Morgan fingerprint density at radius 2 is 2.11 bits per heavy atom. The van der Waals surface area contributed by atoms with Crippen LogP contribution in [0.1, 0.15) is 49.3 Å². The molecule has 2 rings (SSSR count). The van der Waals surface area contributed by atoms with Gasteiger partial charge < -0.3 is 9.84 Å². The van der Waals surface area contributed by atoms with Gasteiger partial charge in [0.15, 0.2) is 0 Å². The molecule has 1 aliphatic rings. The summed E-state index contributed by atoms with van der Waals surface area (Å²) in [6.07, 6.45) is 4.67. The van der Waals surface area contributed by atoms with E-state index in [9.17, 15) is 5.11 Å². The third-order valence-electron chi connectivity index (χ3n) is 4.24. The summed E-state index contributed by atoms with van der Waals surface area (Å²) in [5.41, 5.74) is 3.27. The van der Waals surface area contributed by atoms with Gasteiger partial charge in [-0.25, -0.2) is 0 Å². The number of hydrogen-bond donors (Lipinski definition) is 1. The molecule has 0 spiro atoms. The van der Waals surface area contributed by atoms with Crippen molar-refractivity contribution in [1.29, 1.82) is 0 Å². The van der Waals surface area contributed by atoms with Crippen LogP contribution in [0.3, 0.4) is 0 Å². The molecule has 0 radical (unpaired) electrons. The number of hydrogen-bond acceptors (Lipinski definition) is 2. The van der Waals surface area contributed by atoms with E-state index in [-0.39, 0.29) is 6.10 Å². The van der Waals surface area contributed by atoms with Crippen LogP contribution in [-0.4, -0.2) is 23.4 Å². The van der Waals surface area contributed by atoms with Crippen molar-refractivity contribution in [2.75, 3.05) is 6.61 Å². The molecule has 0 aromatic heterocycles. The Balaban J connectivity index is 2.05. The predicted octanol–water partition coefficient (Wildman–Crippen LogP) is 3.56. The molecule has 0 amide bonds. The maximum absolute atomic E-state index is 10.8. The fourth-order valence-electron chi connectivity index (χ4n) is 2.96. The zero-order valence-electron chi connectivity index (χ0n) is 12.4. The molecule has 1 aromatic carbocycles. The molecule has 2 atom stereocenters. The summed E-state index contributed by atoms with van der Waals surface area (Å²) in [4.78, 5) is 0. The molecular formula is C17H26O2. The van der Waals surface area contributed by atoms with Crippen molar-refractivity contribution >= 4 is 0 Å². The zero-order chi connectivity index (χ0) is 13.9. The van der Waals surface area contributed by atoms with E-state index in [1.165, 1.54) is 16.7 Å². The van der Waals surface area contributed by atoms with Crippen LogP contribution >= 0.6 is 0 Å². The molecule has 0 saturated carbocycles. The van der Waals surface area contributed by atoms with Crippen LogP contribution < -0.4 is 0 Å². The first-order chi connectivity index (χ1) is 9.02. The third kappa shape index (κ3) is 3.80. The van der Waals surface area contributed by atoms with Gasteiger partial charge >= 0.3 is 0 Å². The van der Waals surface area contributed by atoms with Gasteiger partial charge in [0, 0.05) is 19.4 Å². The molecule has 2 unspecified atom stereocenters. The second-order valence-electron chi connectivity index (χ2n) is 6.06. The van der Waals surface area contributed by atoms with Gasteiger partial charge in [0.1, 0.15) is 0 Å². The summed E-state index contributed by atoms with van der Waals surface area (Å²) in [5.74, 6) is 0. The minimum atomic E-state index is -0.584. The molecule has 2 heteroatoms. The summed E-state index contributed by atoms with van der Waals surface area (Å²) < 4.78 is 5.73. The Morgan fingerprint density at radius 1 is 1.32 bits per heavy atom. The van der Waals surface area contributed by atoms with Crippen molar-refractivity contribution in [3.8, 4) is 0 Å². The molecule has 0 bridgehead atoms. The molecule has 1 N–H and O–H groups in total. The van der Waals surface area contributed by atoms with Crippen molar-refractivity contribution in [2.24, 2.45) is 0 Å². The smallest absolute Gasteiger partial charge is 0.0734 e. The standard InChI is InChI=1S/C17H26O2/c1-4-5-16-12-17(18,8-9-19-16)11-15-7-6-13(2)14(3)10-15/h6-7,10,16,18H,4-5,8-9,11-12H2,1-3H3. The average Bonchev–Trinajstić information content (AvgIpc) is 2.34. The average molecular weight is 262 g/mol. The van der Waals surface area contributed by atoms with Gasteiger partial charge in [-0.3, -0.25) is 0 Å². The molecule has 2 nitrogen and oxygen atoms in total. The molecule has 19 heavy (non-hydrogen) atoms. The van der Waals surface area contributed by atoms with Crippen molar-refractivity contribution in [3.63, 3.8) is 0 Å². The highest BCUT2D eigenvalue weighted by atomic mass is 16.5. The quantitative estimate of drug-likeness (QED) is 0.899. The lowest BCUT2D eigenvalue weighted by atomic mass is 9.83. The zero-order valence-corrected chi connectivity index (χ0v) is 12.4. The van der Waals surface area contributed by atoms with E-state index in [0.29, 0.717) is 6.61 Å². The van der Waals surface area contributed by atoms with E-state index in [1.807, 2.05) is 0 Å². The van der Waals surface area contributed by atoms with Crippen molar-refractivity contribution in [3.05, 3.63) is 34.9 Å². The van der Waals surface area contributed by atoms with Crippen LogP contribution in [0.5, 0.6) is 0 Å². The second-order valence-corrected chi connectivity index (χ2v) is 6.06. The first-order valence-corrected chi connectivity index (χ1v) is 7.42. The third-order valence-corrected chi connectivity index (χ3v) is 4.24. The van der Waals surface area contributed by atoms with Gasteiger partial charge in [-0.05, 0) is 43.4 Å². The number of aliphatic hydroxyl groups is 1. The molecule has 1 heterocycles. The first kappa shape index (κ1) is 14.5. The number of ether oxygens (including phenoxy) is 1. The maximum atomic E-state index is 10.8. The lowest BCUT2D eigenvalue weighted by Crippen LogP contribution is -2.42. The molecule has 1 aliphatic heterocycles. The molecule has 1 aromatic rings. The maximum Gasteiger partial charge on any atom is 0.0734 e. The van der Waals surface area contributed by atoms with Crippen LogP contribution in [0.15, 0.2) is 18.2 Å². The summed E-state index contributed by atoms with van der Waals surface area (Å²) in [5, 5.41) is 10.8. The van der Waals surface area contributed by atoms with Gasteiger partial charge in [0.05, 0.1) is 11.7 Å². The van der Waals surface area contributed by atoms with Crippen molar-refractivity contribution in [2.45, 2.75) is 64.6 Å². The van der Waals surface area contributed by atoms with Crippen LogP contribution in [0.4, 0.5) is 0 Å². The number of benzene rings is 1. The predicted molar refractivity (Wildman–Crippen MR) is 78.5 cm³/mol. The fourth-order valence-corrected chi connectivity index (χ4v) is 2.96. The lowest BCUT2D eigenvalue weighted by molar-refractivity contribution is -0.104. The van der Waals surface area contributed by atoms with E-state index in [4.69, 9.17) is 4.74 Å². The molecular weight excluding hydrogens is 236 g/mol. The highest BCUT2D eigenvalue weighted by molar-refractivity contribution is 5.30. The van der Waals surface area contributed by atoms with Gasteiger partial charge in [0.25, 0.3) is 0 Å². The minimum Gasteiger partial charge on any atom is -0.389 e. The summed E-state index contributed by atoms with van der Waals surface area (Å²) in [7, 11) is 0. The second kappa shape index (κ2) is 6.06. The van der Waals surface area contributed by atoms with E-state index >= 15 is 0 Å². The monoisotopic (exact) mass is 262 g/mol. The topological polar surface area (TPSA) is 29.5 Å². The minimum absolute atomic E-state index is 0.232. The Morgan fingerprint density at radius 3 is 2.79 bits per heavy atom. The Labute approximate surface area is 116 Å².